The van der Waals surface area contributed by atoms with Gasteiger partial charge >= 0.3 is 0 Å². The zero-order valence-corrected chi connectivity index (χ0v) is 13.3. The van der Waals surface area contributed by atoms with Crippen LogP contribution in [0.1, 0.15) is 39.5 Å². The Bertz CT molecular complexity index is 463. The molecule has 1 N–H and O–H groups in total. The van der Waals surface area contributed by atoms with E-state index in [-0.39, 0.29) is 0 Å². The van der Waals surface area contributed by atoms with E-state index in [0.29, 0.717) is 0 Å². The number of hydrogen-bond donors (Lipinski definition) is 1. The molecule has 2 aromatic rings. The van der Waals surface area contributed by atoms with E-state index in [1.165, 1.54) is 30.4 Å². The van der Waals surface area contributed by atoms with Crippen molar-refractivity contribution in [3.05, 3.63) is 24.3 Å². The summed E-state index contributed by atoms with van der Waals surface area (Å²) in [7, 11) is 0. The highest BCUT2D eigenvalue weighted by Gasteiger charge is 2.07. The molecule has 104 valence electrons. The average Bonchev–Trinajstić information content (AvgIpc) is 2.85. The standard InChI is InChI=1S/C15H22N2S2/c1-3-5-8-12(4-2)11-16-19-15-17-13-9-6-7-10-14(13)18-15/h6-7,9-10,12,16H,3-5,8,11H2,1-2H3. The zero-order chi connectivity index (χ0) is 13.5. The molecule has 1 aromatic heterocycles. The van der Waals surface area contributed by atoms with E-state index in [2.05, 4.69) is 41.8 Å². The van der Waals surface area contributed by atoms with Crippen molar-refractivity contribution in [1.82, 2.24) is 9.71 Å². The molecule has 0 spiro atoms. The summed E-state index contributed by atoms with van der Waals surface area (Å²) in [5, 5.41) is 0. The second kappa shape index (κ2) is 7.88. The monoisotopic (exact) mass is 294 g/mol. The third-order valence-corrected chi connectivity index (χ3v) is 5.26. The lowest BCUT2D eigenvalue weighted by Gasteiger charge is -2.13. The van der Waals surface area contributed by atoms with E-state index in [4.69, 9.17) is 0 Å². The minimum Gasteiger partial charge on any atom is -0.258 e. The lowest BCUT2D eigenvalue weighted by molar-refractivity contribution is 0.451. The van der Waals surface area contributed by atoms with Crippen LogP contribution in [0.25, 0.3) is 10.2 Å². The molecular weight excluding hydrogens is 272 g/mol. The van der Waals surface area contributed by atoms with Crippen LogP contribution in [0.15, 0.2) is 28.6 Å². The molecule has 1 aromatic carbocycles. The third-order valence-electron chi connectivity index (χ3n) is 3.35. The van der Waals surface area contributed by atoms with E-state index in [9.17, 15) is 0 Å². The van der Waals surface area contributed by atoms with Crippen LogP contribution < -0.4 is 4.72 Å². The Morgan fingerprint density at radius 1 is 1.32 bits per heavy atom. The highest BCUT2D eigenvalue weighted by atomic mass is 32.2. The van der Waals surface area contributed by atoms with Crippen molar-refractivity contribution in [1.29, 1.82) is 0 Å². The Balaban J connectivity index is 1.81. The van der Waals surface area contributed by atoms with Crippen molar-refractivity contribution in [2.45, 2.75) is 43.9 Å². The van der Waals surface area contributed by atoms with Gasteiger partial charge in [-0.25, -0.2) is 4.98 Å². The summed E-state index contributed by atoms with van der Waals surface area (Å²) in [5.74, 6) is 0.793. The van der Waals surface area contributed by atoms with Crippen molar-refractivity contribution in [2.75, 3.05) is 6.54 Å². The predicted molar refractivity (Wildman–Crippen MR) is 86.8 cm³/mol. The van der Waals surface area contributed by atoms with Gasteiger partial charge in [0.05, 0.1) is 10.2 Å². The number of aromatic nitrogens is 1. The molecule has 0 bridgehead atoms. The van der Waals surface area contributed by atoms with Crippen LogP contribution in [-0.4, -0.2) is 11.5 Å². The Kier molecular flexibility index (Phi) is 6.14. The van der Waals surface area contributed by atoms with Crippen LogP contribution in [0.2, 0.25) is 0 Å². The van der Waals surface area contributed by atoms with Gasteiger partial charge in [-0.05, 0) is 36.4 Å². The molecule has 0 amide bonds. The van der Waals surface area contributed by atoms with Crippen LogP contribution in [0, 0.1) is 5.92 Å². The number of benzene rings is 1. The van der Waals surface area contributed by atoms with Crippen molar-refractivity contribution in [3.63, 3.8) is 0 Å². The van der Waals surface area contributed by atoms with Gasteiger partial charge in [0.15, 0.2) is 4.34 Å². The number of para-hydroxylation sites is 1. The van der Waals surface area contributed by atoms with Crippen LogP contribution in [0.3, 0.4) is 0 Å². The van der Waals surface area contributed by atoms with E-state index in [1.807, 2.05) is 6.07 Å². The molecule has 1 heterocycles. The van der Waals surface area contributed by atoms with Crippen LogP contribution in [0.4, 0.5) is 0 Å². The molecule has 4 heteroatoms. The minimum absolute atomic E-state index is 0.793. The molecule has 19 heavy (non-hydrogen) atoms. The summed E-state index contributed by atoms with van der Waals surface area (Å²) in [6.45, 7) is 5.62. The van der Waals surface area contributed by atoms with Crippen LogP contribution in [0.5, 0.6) is 0 Å². The number of thiazole rings is 1. The maximum Gasteiger partial charge on any atom is 0.166 e. The van der Waals surface area contributed by atoms with Crippen LogP contribution in [-0.2, 0) is 0 Å². The summed E-state index contributed by atoms with van der Waals surface area (Å²) in [5.41, 5.74) is 1.11. The second-order valence-corrected chi connectivity index (χ2v) is 6.98. The van der Waals surface area contributed by atoms with E-state index < -0.39 is 0 Å². The first-order chi connectivity index (χ1) is 9.33. The van der Waals surface area contributed by atoms with Crippen molar-refractivity contribution in [2.24, 2.45) is 5.92 Å². The summed E-state index contributed by atoms with van der Waals surface area (Å²) in [6, 6.07) is 8.32. The number of nitrogens with one attached hydrogen (secondary N) is 1. The average molecular weight is 294 g/mol. The maximum atomic E-state index is 4.62. The fourth-order valence-electron chi connectivity index (χ4n) is 2.06. The van der Waals surface area contributed by atoms with Gasteiger partial charge in [0.25, 0.3) is 0 Å². The molecule has 0 fully saturated rings. The molecule has 0 saturated heterocycles. The smallest absolute Gasteiger partial charge is 0.166 e. The highest BCUT2D eigenvalue weighted by molar-refractivity contribution is 7.99. The normalized spacial score (nSPS) is 12.9. The lowest BCUT2D eigenvalue weighted by Crippen LogP contribution is -2.16. The number of rotatable bonds is 8. The quantitative estimate of drug-likeness (QED) is 0.685. The lowest BCUT2D eigenvalue weighted by atomic mass is 10.00. The summed E-state index contributed by atoms with van der Waals surface area (Å²) < 4.78 is 5.87. The van der Waals surface area contributed by atoms with E-state index >= 15 is 0 Å². The summed E-state index contributed by atoms with van der Waals surface area (Å²) in [6.07, 6.45) is 5.22. The van der Waals surface area contributed by atoms with Crippen molar-refractivity contribution >= 4 is 33.5 Å². The molecule has 0 aliphatic heterocycles. The first kappa shape index (κ1) is 14.8. The molecule has 0 aliphatic carbocycles. The zero-order valence-electron chi connectivity index (χ0n) is 11.7. The molecule has 0 radical (unpaired) electrons. The topological polar surface area (TPSA) is 24.9 Å². The number of fused-ring (bicyclic) bond motifs is 1. The number of unbranched alkanes of at least 4 members (excludes halogenated alkanes) is 1. The molecule has 2 nitrogen and oxygen atoms in total. The number of nitrogens with zero attached hydrogens (tertiary/aromatic N) is 1. The minimum atomic E-state index is 0.793. The van der Waals surface area contributed by atoms with Crippen molar-refractivity contribution < 1.29 is 0 Å². The molecular formula is C15H22N2S2. The fourth-order valence-corrected chi connectivity index (χ4v) is 3.96. The Morgan fingerprint density at radius 3 is 2.89 bits per heavy atom. The van der Waals surface area contributed by atoms with Gasteiger partial charge in [-0.1, -0.05) is 45.2 Å². The van der Waals surface area contributed by atoms with Gasteiger partial charge in [-0.2, -0.15) is 0 Å². The second-order valence-electron chi connectivity index (χ2n) is 4.81. The van der Waals surface area contributed by atoms with Gasteiger partial charge in [-0.3, -0.25) is 4.72 Å². The maximum absolute atomic E-state index is 4.62. The molecule has 2 rings (SSSR count). The molecule has 0 aliphatic rings. The first-order valence-electron chi connectivity index (χ1n) is 7.08. The predicted octanol–water partition coefficient (Wildman–Crippen LogP) is 5.11. The van der Waals surface area contributed by atoms with Gasteiger partial charge in [0.1, 0.15) is 0 Å². The van der Waals surface area contributed by atoms with Gasteiger partial charge in [-0.15, -0.1) is 11.3 Å². The van der Waals surface area contributed by atoms with Crippen LogP contribution >= 0.6 is 23.3 Å². The first-order valence-corrected chi connectivity index (χ1v) is 8.72. The van der Waals surface area contributed by atoms with Crippen molar-refractivity contribution in [3.8, 4) is 0 Å². The SMILES string of the molecule is CCCCC(CC)CNSc1nc2ccccc2s1. The van der Waals surface area contributed by atoms with E-state index in [1.54, 1.807) is 23.3 Å². The Hall–Kier alpha value is -0.580. The largest absolute Gasteiger partial charge is 0.258 e. The molecule has 1 atom stereocenters. The summed E-state index contributed by atoms with van der Waals surface area (Å²) in [4.78, 5) is 4.62. The third kappa shape index (κ3) is 4.48. The Labute approximate surface area is 124 Å². The fraction of sp³-hybridized carbons (Fsp3) is 0.533. The number of hydrogen-bond acceptors (Lipinski definition) is 4. The Morgan fingerprint density at radius 2 is 2.16 bits per heavy atom. The molecule has 0 saturated carbocycles. The van der Waals surface area contributed by atoms with Gasteiger partial charge in [0, 0.05) is 6.54 Å². The highest BCUT2D eigenvalue weighted by Crippen LogP contribution is 2.27. The van der Waals surface area contributed by atoms with E-state index in [0.717, 1.165) is 22.3 Å². The summed E-state index contributed by atoms with van der Waals surface area (Å²) >= 11 is 3.44. The van der Waals surface area contributed by atoms with Gasteiger partial charge < -0.3 is 0 Å². The molecule has 1 unspecified atom stereocenters. The van der Waals surface area contributed by atoms with Gasteiger partial charge in [0.2, 0.25) is 0 Å².